The molecule has 6 heteroatoms. The van der Waals surface area contributed by atoms with Crippen molar-refractivity contribution in [2.75, 3.05) is 43.5 Å². The number of benzene rings is 2. The molecule has 2 aliphatic rings. The first-order chi connectivity index (χ1) is 14.6. The van der Waals surface area contributed by atoms with Gasteiger partial charge in [-0.3, -0.25) is 4.79 Å². The summed E-state index contributed by atoms with van der Waals surface area (Å²) in [6, 6.07) is 14.8. The third-order valence-corrected chi connectivity index (χ3v) is 6.42. The number of nitrogens with one attached hydrogen (secondary N) is 1. The molecule has 3 heterocycles. The van der Waals surface area contributed by atoms with Crippen LogP contribution in [0.2, 0.25) is 0 Å². The highest BCUT2D eigenvalue weighted by Crippen LogP contribution is 2.44. The minimum atomic E-state index is 0.0580. The van der Waals surface area contributed by atoms with E-state index in [1.54, 1.807) is 0 Å². The van der Waals surface area contributed by atoms with E-state index in [0.29, 0.717) is 19.0 Å². The summed E-state index contributed by atoms with van der Waals surface area (Å²) in [5.41, 5.74) is 13.3. The third-order valence-electron chi connectivity index (χ3n) is 6.42. The van der Waals surface area contributed by atoms with Crippen molar-refractivity contribution in [2.45, 2.75) is 18.8 Å². The van der Waals surface area contributed by atoms with E-state index in [2.05, 4.69) is 52.2 Å². The van der Waals surface area contributed by atoms with E-state index < -0.39 is 0 Å². The topological polar surface area (TPSA) is 72.5 Å². The van der Waals surface area contributed by atoms with Crippen LogP contribution < -0.4 is 16.0 Å². The van der Waals surface area contributed by atoms with E-state index in [1.807, 2.05) is 12.1 Å². The van der Waals surface area contributed by atoms with Gasteiger partial charge in [0.1, 0.15) is 0 Å². The van der Waals surface area contributed by atoms with Crippen LogP contribution in [0.1, 0.15) is 24.3 Å². The van der Waals surface area contributed by atoms with Crippen LogP contribution in [0.25, 0.3) is 22.2 Å². The highest BCUT2D eigenvalue weighted by Gasteiger charge is 2.28. The molecule has 2 aliphatic heterocycles. The molecule has 2 fully saturated rings. The van der Waals surface area contributed by atoms with Crippen molar-refractivity contribution in [2.24, 2.45) is 7.05 Å². The number of aromatic nitrogens is 1. The molecule has 0 aliphatic carbocycles. The maximum atomic E-state index is 12.0. The molecule has 30 heavy (non-hydrogen) atoms. The number of nitrogens with zero attached hydrogens (tertiary/aromatic N) is 2. The Balaban J connectivity index is 1.73. The molecule has 0 atom stereocenters. The van der Waals surface area contributed by atoms with Gasteiger partial charge in [0.15, 0.2) is 0 Å². The third kappa shape index (κ3) is 3.21. The second-order valence-electron chi connectivity index (χ2n) is 8.28. The largest absolute Gasteiger partial charge is 0.397 e. The Hall–Kier alpha value is -2.99. The van der Waals surface area contributed by atoms with Gasteiger partial charge in [0, 0.05) is 44.4 Å². The van der Waals surface area contributed by atoms with Gasteiger partial charge in [0.25, 0.3) is 0 Å². The number of nitrogens with two attached hydrogens (primary N) is 1. The van der Waals surface area contributed by atoms with Crippen LogP contribution in [-0.2, 0) is 16.6 Å². The molecule has 1 amide bonds. The first kappa shape index (κ1) is 19.0. The molecule has 0 unspecified atom stereocenters. The molecule has 5 rings (SSSR count). The Kier molecular flexibility index (Phi) is 4.87. The number of anilines is 2. The van der Waals surface area contributed by atoms with E-state index in [1.165, 1.54) is 22.2 Å². The maximum absolute atomic E-state index is 12.0. The summed E-state index contributed by atoms with van der Waals surface area (Å²) in [7, 11) is 2.11. The summed E-state index contributed by atoms with van der Waals surface area (Å²) in [5, 5.41) is 4.10. The van der Waals surface area contributed by atoms with Crippen LogP contribution in [0.3, 0.4) is 0 Å². The molecule has 3 aromatic rings. The first-order valence-electron chi connectivity index (χ1n) is 10.7. The van der Waals surface area contributed by atoms with E-state index in [4.69, 9.17) is 10.5 Å². The lowest BCUT2D eigenvalue weighted by Gasteiger charge is -2.29. The number of amides is 1. The number of carbonyl (C=O) groups is 1. The molecule has 3 N–H and O–H groups in total. The number of nitrogen functional groups attached to an aromatic ring is 1. The minimum Gasteiger partial charge on any atom is -0.397 e. The van der Waals surface area contributed by atoms with Crippen LogP contribution >= 0.6 is 0 Å². The molecule has 0 saturated carbocycles. The van der Waals surface area contributed by atoms with E-state index >= 15 is 0 Å². The molecule has 0 spiro atoms. The molecule has 2 saturated heterocycles. The lowest BCUT2D eigenvalue weighted by molar-refractivity contribution is -0.120. The van der Waals surface area contributed by atoms with Gasteiger partial charge in [-0.05, 0) is 42.0 Å². The van der Waals surface area contributed by atoms with Crippen molar-refractivity contribution in [3.8, 4) is 11.3 Å². The van der Waals surface area contributed by atoms with Gasteiger partial charge in [-0.25, -0.2) is 0 Å². The average Bonchev–Trinajstić information content (AvgIpc) is 3.07. The summed E-state index contributed by atoms with van der Waals surface area (Å²) in [6.45, 7) is 3.40. The van der Waals surface area contributed by atoms with Crippen molar-refractivity contribution in [3.05, 3.63) is 48.0 Å². The fraction of sp³-hybridized carbons (Fsp3) is 0.375. The molecular weight excluding hydrogens is 376 g/mol. The number of carbonyl (C=O) groups excluding carboxylic acids is 1. The number of fused-ring (bicyclic) bond motifs is 1. The van der Waals surface area contributed by atoms with Gasteiger partial charge < -0.3 is 25.3 Å². The number of rotatable bonds is 3. The van der Waals surface area contributed by atoms with Crippen molar-refractivity contribution in [1.82, 2.24) is 9.88 Å². The maximum Gasteiger partial charge on any atom is 0.239 e. The normalized spacial score (nSPS) is 18.0. The minimum absolute atomic E-state index is 0.0580. The Morgan fingerprint density at radius 2 is 1.90 bits per heavy atom. The van der Waals surface area contributed by atoms with E-state index in [-0.39, 0.29) is 5.91 Å². The Morgan fingerprint density at radius 3 is 2.63 bits per heavy atom. The quantitative estimate of drug-likeness (QED) is 0.658. The fourth-order valence-corrected chi connectivity index (χ4v) is 5.03. The molecule has 0 bridgehead atoms. The summed E-state index contributed by atoms with van der Waals surface area (Å²) in [6.07, 6.45) is 2.02. The second kappa shape index (κ2) is 7.69. The zero-order chi connectivity index (χ0) is 20.7. The smallest absolute Gasteiger partial charge is 0.239 e. The zero-order valence-corrected chi connectivity index (χ0v) is 17.4. The van der Waals surface area contributed by atoms with Crippen LogP contribution in [0, 0.1) is 0 Å². The fourth-order valence-electron chi connectivity index (χ4n) is 5.03. The van der Waals surface area contributed by atoms with Crippen molar-refractivity contribution in [1.29, 1.82) is 0 Å². The SMILES string of the molecule is Cn1c(-c2ccccc2)c(C2CCOCC2)c2cc(N3CCNC(=O)C3)cc(N)c21. The summed E-state index contributed by atoms with van der Waals surface area (Å²) in [4.78, 5) is 14.1. The van der Waals surface area contributed by atoms with Crippen LogP contribution in [0.4, 0.5) is 11.4 Å². The lowest BCUT2D eigenvalue weighted by Crippen LogP contribution is -2.47. The van der Waals surface area contributed by atoms with Crippen LogP contribution in [-0.4, -0.2) is 43.3 Å². The van der Waals surface area contributed by atoms with Gasteiger partial charge in [-0.15, -0.1) is 0 Å². The Morgan fingerprint density at radius 1 is 1.13 bits per heavy atom. The first-order valence-corrected chi connectivity index (χ1v) is 10.7. The van der Waals surface area contributed by atoms with Gasteiger partial charge in [0.05, 0.1) is 23.4 Å². The number of ether oxygens (including phenoxy) is 1. The summed E-state index contributed by atoms with van der Waals surface area (Å²) in [5.74, 6) is 0.486. The van der Waals surface area contributed by atoms with Gasteiger partial charge in [-0.2, -0.15) is 0 Å². The van der Waals surface area contributed by atoms with Crippen LogP contribution in [0.5, 0.6) is 0 Å². The second-order valence-corrected chi connectivity index (χ2v) is 8.28. The summed E-state index contributed by atoms with van der Waals surface area (Å²) < 4.78 is 7.90. The number of aryl methyl sites for hydroxylation is 1. The van der Waals surface area contributed by atoms with Crippen molar-refractivity contribution < 1.29 is 9.53 Å². The van der Waals surface area contributed by atoms with Crippen molar-refractivity contribution in [3.63, 3.8) is 0 Å². The zero-order valence-electron chi connectivity index (χ0n) is 17.4. The number of hydrogen-bond acceptors (Lipinski definition) is 4. The number of hydrogen-bond donors (Lipinski definition) is 2. The van der Waals surface area contributed by atoms with Gasteiger partial charge >= 0.3 is 0 Å². The highest BCUT2D eigenvalue weighted by molar-refractivity contribution is 6.01. The standard InChI is InChI=1S/C24H28N4O2/c1-27-23(17-5-3-2-4-6-17)22(16-7-11-30-12-8-16)19-13-18(14-20(25)24(19)27)28-10-9-26-21(29)15-28/h2-6,13-14,16H,7-12,15,25H2,1H3,(H,26,29). The molecule has 6 nitrogen and oxygen atoms in total. The number of piperazine rings is 1. The van der Waals surface area contributed by atoms with Crippen molar-refractivity contribution >= 4 is 28.2 Å². The Bertz CT molecular complexity index is 1080. The predicted octanol–water partition coefficient (Wildman–Crippen LogP) is 3.26. The monoisotopic (exact) mass is 404 g/mol. The average molecular weight is 405 g/mol. The molecule has 1 aromatic heterocycles. The predicted molar refractivity (Wildman–Crippen MR) is 121 cm³/mol. The molecular formula is C24H28N4O2. The summed E-state index contributed by atoms with van der Waals surface area (Å²) >= 11 is 0. The molecule has 0 radical (unpaired) electrons. The molecule has 156 valence electrons. The van der Waals surface area contributed by atoms with Gasteiger partial charge in [-0.1, -0.05) is 30.3 Å². The highest BCUT2D eigenvalue weighted by atomic mass is 16.5. The van der Waals surface area contributed by atoms with Crippen LogP contribution in [0.15, 0.2) is 42.5 Å². The van der Waals surface area contributed by atoms with E-state index in [9.17, 15) is 4.79 Å². The molecule has 2 aromatic carbocycles. The Labute approximate surface area is 176 Å². The van der Waals surface area contributed by atoms with Gasteiger partial charge in [0.2, 0.25) is 5.91 Å². The van der Waals surface area contributed by atoms with E-state index in [0.717, 1.165) is 49.5 Å². The lowest BCUT2D eigenvalue weighted by atomic mass is 9.87.